The monoisotopic (exact) mass is 216 g/mol. The molecular weight excluding hydrogens is 196 g/mol. The second-order valence-corrected chi connectivity index (χ2v) is 5.23. The van der Waals surface area contributed by atoms with Crippen LogP contribution in [0.15, 0.2) is 18.2 Å². The third-order valence-electron chi connectivity index (χ3n) is 4.03. The molecule has 1 aliphatic heterocycles. The van der Waals surface area contributed by atoms with Crippen molar-refractivity contribution < 1.29 is 0 Å². The molecule has 1 heterocycles. The normalized spacial score (nSPS) is 20.4. The van der Waals surface area contributed by atoms with Gasteiger partial charge in [0.25, 0.3) is 0 Å². The SMILES string of the molecule is Nc1ccc2c(c1)N(CC1CCC1)CCC2. The highest BCUT2D eigenvalue weighted by molar-refractivity contribution is 5.62. The van der Waals surface area contributed by atoms with E-state index in [0.717, 1.165) is 11.6 Å². The zero-order chi connectivity index (χ0) is 11.0. The lowest BCUT2D eigenvalue weighted by Gasteiger charge is -2.37. The molecule has 2 N–H and O–H groups in total. The van der Waals surface area contributed by atoms with Crippen molar-refractivity contribution in [1.82, 2.24) is 0 Å². The highest BCUT2D eigenvalue weighted by Crippen LogP contribution is 2.33. The maximum Gasteiger partial charge on any atom is 0.0419 e. The smallest absolute Gasteiger partial charge is 0.0419 e. The average molecular weight is 216 g/mol. The number of hydrogen-bond acceptors (Lipinski definition) is 2. The van der Waals surface area contributed by atoms with Gasteiger partial charge in [-0.1, -0.05) is 12.5 Å². The highest BCUT2D eigenvalue weighted by atomic mass is 15.1. The molecule has 0 bridgehead atoms. The Hall–Kier alpha value is -1.18. The summed E-state index contributed by atoms with van der Waals surface area (Å²) in [4.78, 5) is 2.55. The van der Waals surface area contributed by atoms with Crippen LogP contribution >= 0.6 is 0 Å². The topological polar surface area (TPSA) is 29.3 Å². The van der Waals surface area contributed by atoms with Gasteiger partial charge in [0, 0.05) is 24.5 Å². The maximum atomic E-state index is 5.89. The van der Waals surface area contributed by atoms with E-state index >= 15 is 0 Å². The van der Waals surface area contributed by atoms with Crippen molar-refractivity contribution in [3.8, 4) is 0 Å². The fourth-order valence-corrected chi connectivity index (χ4v) is 2.84. The lowest BCUT2D eigenvalue weighted by molar-refractivity contribution is 0.316. The molecule has 2 heteroatoms. The van der Waals surface area contributed by atoms with Crippen LogP contribution in [0.3, 0.4) is 0 Å². The molecular formula is C14H20N2. The summed E-state index contributed by atoms with van der Waals surface area (Å²) in [5.74, 6) is 0.937. The lowest BCUT2D eigenvalue weighted by atomic mass is 9.84. The molecule has 0 saturated heterocycles. The second-order valence-electron chi connectivity index (χ2n) is 5.23. The lowest BCUT2D eigenvalue weighted by Crippen LogP contribution is -2.36. The third kappa shape index (κ3) is 1.77. The van der Waals surface area contributed by atoms with Crippen LogP contribution in [0, 0.1) is 5.92 Å². The maximum absolute atomic E-state index is 5.89. The molecule has 1 aliphatic carbocycles. The first-order chi connectivity index (χ1) is 7.83. The van der Waals surface area contributed by atoms with Crippen LogP contribution in [0.25, 0.3) is 0 Å². The fourth-order valence-electron chi connectivity index (χ4n) is 2.84. The average Bonchev–Trinajstić information content (AvgIpc) is 2.23. The van der Waals surface area contributed by atoms with Gasteiger partial charge in [0.2, 0.25) is 0 Å². The summed E-state index contributed by atoms with van der Waals surface area (Å²) < 4.78 is 0. The van der Waals surface area contributed by atoms with Crippen molar-refractivity contribution in [2.45, 2.75) is 32.1 Å². The van der Waals surface area contributed by atoms with E-state index < -0.39 is 0 Å². The predicted molar refractivity (Wildman–Crippen MR) is 68.7 cm³/mol. The Balaban J connectivity index is 1.83. The number of nitrogens with zero attached hydrogens (tertiary/aromatic N) is 1. The van der Waals surface area contributed by atoms with Crippen molar-refractivity contribution in [2.75, 3.05) is 23.7 Å². The van der Waals surface area contributed by atoms with E-state index in [2.05, 4.69) is 17.0 Å². The molecule has 0 unspecified atom stereocenters. The van der Waals surface area contributed by atoms with E-state index in [-0.39, 0.29) is 0 Å². The van der Waals surface area contributed by atoms with Gasteiger partial charge in [-0.2, -0.15) is 0 Å². The first kappa shape index (κ1) is 10.0. The molecule has 86 valence electrons. The van der Waals surface area contributed by atoms with Gasteiger partial charge in [-0.15, -0.1) is 0 Å². The largest absolute Gasteiger partial charge is 0.399 e. The van der Waals surface area contributed by atoms with Gasteiger partial charge in [-0.3, -0.25) is 0 Å². The van der Waals surface area contributed by atoms with Crippen molar-refractivity contribution >= 4 is 11.4 Å². The van der Waals surface area contributed by atoms with Gasteiger partial charge >= 0.3 is 0 Å². The first-order valence-corrected chi connectivity index (χ1v) is 6.46. The standard InChI is InChI=1S/C14H20N2/c15-13-7-6-12-5-2-8-16(14(12)9-13)10-11-3-1-4-11/h6-7,9,11H,1-5,8,10,15H2. The number of nitrogen functional groups attached to an aromatic ring is 1. The Morgan fingerprint density at radius 1 is 1.25 bits per heavy atom. The summed E-state index contributed by atoms with van der Waals surface area (Å²) in [6.45, 7) is 2.46. The van der Waals surface area contributed by atoms with Crippen molar-refractivity contribution in [3.63, 3.8) is 0 Å². The van der Waals surface area contributed by atoms with E-state index in [1.165, 1.54) is 56.4 Å². The Bertz CT molecular complexity index is 382. The van der Waals surface area contributed by atoms with Gasteiger partial charge in [-0.25, -0.2) is 0 Å². The zero-order valence-corrected chi connectivity index (χ0v) is 9.78. The first-order valence-electron chi connectivity index (χ1n) is 6.46. The summed E-state index contributed by atoms with van der Waals surface area (Å²) >= 11 is 0. The van der Waals surface area contributed by atoms with Crippen molar-refractivity contribution in [1.29, 1.82) is 0 Å². The molecule has 0 atom stereocenters. The number of benzene rings is 1. The number of nitrogens with two attached hydrogens (primary N) is 1. The fraction of sp³-hybridized carbons (Fsp3) is 0.571. The minimum atomic E-state index is 0.902. The quantitative estimate of drug-likeness (QED) is 0.770. The molecule has 0 radical (unpaired) electrons. The van der Waals surface area contributed by atoms with Crippen LogP contribution in [0.4, 0.5) is 11.4 Å². The Morgan fingerprint density at radius 3 is 2.88 bits per heavy atom. The van der Waals surface area contributed by atoms with Crippen LogP contribution in [-0.2, 0) is 6.42 Å². The van der Waals surface area contributed by atoms with Gasteiger partial charge in [0.1, 0.15) is 0 Å². The molecule has 0 spiro atoms. The number of rotatable bonds is 2. The summed E-state index contributed by atoms with van der Waals surface area (Å²) in [7, 11) is 0. The number of anilines is 2. The van der Waals surface area contributed by atoms with E-state index in [1.54, 1.807) is 0 Å². The molecule has 2 nitrogen and oxygen atoms in total. The molecule has 16 heavy (non-hydrogen) atoms. The van der Waals surface area contributed by atoms with Gasteiger partial charge in [0.05, 0.1) is 0 Å². The summed E-state index contributed by atoms with van der Waals surface area (Å²) in [6.07, 6.45) is 6.80. The van der Waals surface area contributed by atoms with Crippen molar-refractivity contribution in [2.24, 2.45) is 5.92 Å². The van der Waals surface area contributed by atoms with Crippen LogP contribution in [0.1, 0.15) is 31.2 Å². The summed E-state index contributed by atoms with van der Waals surface area (Å²) in [5.41, 5.74) is 9.68. The Kier molecular flexibility index (Phi) is 2.50. The van der Waals surface area contributed by atoms with E-state index in [9.17, 15) is 0 Å². The minimum absolute atomic E-state index is 0.902. The number of aryl methyl sites for hydroxylation is 1. The molecule has 1 saturated carbocycles. The Morgan fingerprint density at radius 2 is 2.12 bits per heavy atom. The predicted octanol–water partition coefficient (Wildman–Crippen LogP) is 2.82. The van der Waals surface area contributed by atoms with Gasteiger partial charge in [0.15, 0.2) is 0 Å². The summed E-state index contributed by atoms with van der Waals surface area (Å²) in [5, 5.41) is 0. The number of fused-ring (bicyclic) bond motifs is 1. The molecule has 1 aromatic carbocycles. The molecule has 3 rings (SSSR count). The van der Waals surface area contributed by atoms with E-state index in [1.807, 2.05) is 6.07 Å². The van der Waals surface area contributed by atoms with Crippen LogP contribution < -0.4 is 10.6 Å². The molecule has 2 aliphatic rings. The zero-order valence-electron chi connectivity index (χ0n) is 9.78. The van der Waals surface area contributed by atoms with E-state index in [0.29, 0.717) is 0 Å². The highest BCUT2D eigenvalue weighted by Gasteiger charge is 2.23. The molecule has 0 amide bonds. The molecule has 1 fully saturated rings. The van der Waals surface area contributed by atoms with E-state index in [4.69, 9.17) is 5.73 Å². The van der Waals surface area contributed by atoms with Crippen LogP contribution in [0.5, 0.6) is 0 Å². The number of hydrogen-bond donors (Lipinski definition) is 1. The van der Waals surface area contributed by atoms with Crippen LogP contribution in [0.2, 0.25) is 0 Å². The summed E-state index contributed by atoms with van der Waals surface area (Å²) in [6, 6.07) is 6.40. The molecule has 0 aromatic heterocycles. The van der Waals surface area contributed by atoms with Gasteiger partial charge in [-0.05, 0) is 49.3 Å². The molecule has 1 aromatic rings. The second kappa shape index (κ2) is 4.00. The minimum Gasteiger partial charge on any atom is -0.399 e. The van der Waals surface area contributed by atoms with Crippen LogP contribution in [-0.4, -0.2) is 13.1 Å². The Labute approximate surface area is 97.4 Å². The van der Waals surface area contributed by atoms with Crippen molar-refractivity contribution in [3.05, 3.63) is 23.8 Å². The van der Waals surface area contributed by atoms with Gasteiger partial charge < -0.3 is 10.6 Å². The third-order valence-corrected chi connectivity index (χ3v) is 4.03.